The van der Waals surface area contributed by atoms with Gasteiger partial charge in [-0.05, 0) is 61.6 Å². The van der Waals surface area contributed by atoms with E-state index in [-0.39, 0.29) is 19.1 Å². The number of nitrogens with zero attached hydrogens (tertiary/aromatic N) is 1. The van der Waals surface area contributed by atoms with Crippen LogP contribution in [-0.4, -0.2) is 73.0 Å². The van der Waals surface area contributed by atoms with Crippen LogP contribution in [0.25, 0.3) is 0 Å². The van der Waals surface area contributed by atoms with Crippen LogP contribution in [0.3, 0.4) is 0 Å². The summed E-state index contributed by atoms with van der Waals surface area (Å²) in [6.45, 7) is 2.32. The first-order chi connectivity index (χ1) is 17.3. The molecule has 10 heteroatoms. The molecule has 36 heavy (non-hydrogen) atoms. The maximum atomic E-state index is 13.4. The Morgan fingerprint density at radius 2 is 2.06 bits per heavy atom. The van der Waals surface area contributed by atoms with E-state index in [1.807, 2.05) is 12.1 Å². The zero-order valence-electron chi connectivity index (χ0n) is 20.6. The zero-order chi connectivity index (χ0) is 25.5. The fourth-order valence-corrected chi connectivity index (χ4v) is 6.35. The van der Waals surface area contributed by atoms with Crippen molar-refractivity contribution in [3.05, 3.63) is 35.1 Å². The van der Waals surface area contributed by atoms with Crippen molar-refractivity contribution in [3.63, 3.8) is 0 Å². The number of benzene rings is 1. The molecule has 0 amide bonds. The molecule has 3 heterocycles. The van der Waals surface area contributed by atoms with E-state index in [0.717, 1.165) is 43.5 Å². The minimum absolute atomic E-state index is 0.0385. The molecule has 4 aliphatic rings. The van der Waals surface area contributed by atoms with Crippen molar-refractivity contribution >= 4 is 11.9 Å². The van der Waals surface area contributed by atoms with Gasteiger partial charge in [0, 0.05) is 6.54 Å². The molecule has 0 saturated carbocycles. The quantitative estimate of drug-likeness (QED) is 0.534. The number of esters is 2. The number of ether oxygens (including phenoxy) is 5. The van der Waals surface area contributed by atoms with Gasteiger partial charge in [-0.25, -0.2) is 9.18 Å². The van der Waals surface area contributed by atoms with E-state index in [1.165, 1.54) is 7.11 Å². The van der Waals surface area contributed by atoms with Crippen molar-refractivity contribution in [2.45, 2.75) is 68.6 Å². The molecule has 0 bridgehead atoms. The van der Waals surface area contributed by atoms with Crippen LogP contribution in [0.1, 0.15) is 56.1 Å². The minimum atomic E-state index is -2.15. The molecular weight excluding hydrogens is 473 g/mol. The fraction of sp³-hybridized carbons (Fsp3) is 0.615. The molecule has 1 N–H and O–H groups in total. The van der Waals surface area contributed by atoms with Crippen LogP contribution in [0.5, 0.6) is 11.5 Å². The van der Waals surface area contributed by atoms with E-state index >= 15 is 0 Å². The lowest BCUT2D eigenvalue weighted by Gasteiger charge is -2.39. The molecule has 1 saturated heterocycles. The SMILES string of the molecule is CCC[C@@](O)(CC(=O)OCF)C(=O)O[C@@H]1C(OC)=C[C@]23CCCN2CCc2cc4c(cc2[C@H]13)OCO4. The Morgan fingerprint density at radius 1 is 1.28 bits per heavy atom. The van der Waals surface area contributed by atoms with Crippen molar-refractivity contribution in [2.24, 2.45) is 0 Å². The third kappa shape index (κ3) is 4.00. The van der Waals surface area contributed by atoms with Gasteiger partial charge in [0.2, 0.25) is 13.7 Å². The number of methoxy groups -OCH3 is 1. The smallest absolute Gasteiger partial charge is 0.339 e. The number of aliphatic hydroxyl groups is 1. The molecule has 0 radical (unpaired) electrons. The van der Waals surface area contributed by atoms with E-state index in [1.54, 1.807) is 6.92 Å². The lowest BCUT2D eigenvalue weighted by molar-refractivity contribution is -0.179. The Kier molecular flexibility index (Phi) is 6.59. The highest BCUT2D eigenvalue weighted by Gasteiger charge is 2.59. The summed E-state index contributed by atoms with van der Waals surface area (Å²) >= 11 is 0. The van der Waals surface area contributed by atoms with Gasteiger partial charge >= 0.3 is 11.9 Å². The molecule has 196 valence electrons. The average molecular weight is 506 g/mol. The van der Waals surface area contributed by atoms with Crippen molar-refractivity contribution in [2.75, 3.05) is 33.9 Å². The normalized spacial score (nSPS) is 27.7. The van der Waals surface area contributed by atoms with Crippen molar-refractivity contribution in [3.8, 4) is 11.5 Å². The summed E-state index contributed by atoms with van der Waals surface area (Å²) in [6, 6.07) is 3.97. The molecule has 1 aromatic carbocycles. The predicted molar refractivity (Wildman–Crippen MR) is 124 cm³/mol. The topological polar surface area (TPSA) is 104 Å². The third-order valence-corrected chi connectivity index (χ3v) is 7.89. The Balaban J connectivity index is 1.53. The number of carbonyl (C=O) groups is 2. The van der Waals surface area contributed by atoms with Crippen LogP contribution >= 0.6 is 0 Å². The van der Waals surface area contributed by atoms with E-state index in [4.69, 9.17) is 18.9 Å². The number of alkyl halides is 1. The summed E-state index contributed by atoms with van der Waals surface area (Å²) < 4.78 is 39.9. The van der Waals surface area contributed by atoms with Gasteiger partial charge < -0.3 is 28.8 Å². The summed E-state index contributed by atoms with van der Waals surface area (Å²) in [5.41, 5.74) is -0.501. The molecule has 5 rings (SSSR count). The number of hydrogen-bond acceptors (Lipinski definition) is 9. The van der Waals surface area contributed by atoms with E-state index in [2.05, 4.69) is 15.7 Å². The van der Waals surface area contributed by atoms with E-state index < -0.39 is 42.5 Å². The van der Waals surface area contributed by atoms with Gasteiger partial charge in [0.05, 0.1) is 25.0 Å². The lowest BCUT2D eigenvalue weighted by Crippen LogP contribution is -2.49. The van der Waals surface area contributed by atoms with E-state index in [9.17, 15) is 19.1 Å². The van der Waals surface area contributed by atoms with Gasteiger partial charge in [-0.1, -0.05) is 13.3 Å². The first kappa shape index (κ1) is 24.8. The third-order valence-electron chi connectivity index (χ3n) is 7.89. The van der Waals surface area contributed by atoms with Crippen molar-refractivity contribution in [1.82, 2.24) is 4.90 Å². The Morgan fingerprint density at radius 3 is 2.78 bits per heavy atom. The van der Waals surface area contributed by atoms with Gasteiger partial charge in [0.1, 0.15) is 5.76 Å². The Bertz CT molecular complexity index is 1080. The molecule has 0 aromatic heterocycles. The van der Waals surface area contributed by atoms with Gasteiger partial charge in [0.25, 0.3) is 0 Å². The van der Waals surface area contributed by atoms with Crippen LogP contribution in [0.2, 0.25) is 0 Å². The van der Waals surface area contributed by atoms with Crippen LogP contribution in [0.15, 0.2) is 24.0 Å². The van der Waals surface area contributed by atoms with Gasteiger partial charge in [-0.2, -0.15) is 0 Å². The first-order valence-corrected chi connectivity index (χ1v) is 12.4. The van der Waals surface area contributed by atoms with E-state index in [0.29, 0.717) is 23.7 Å². The number of carbonyl (C=O) groups excluding carboxylic acids is 2. The second-order valence-electron chi connectivity index (χ2n) is 9.87. The summed E-state index contributed by atoms with van der Waals surface area (Å²) in [6.07, 6.45) is 3.53. The number of hydrogen-bond donors (Lipinski definition) is 1. The standard InChI is InChI=1S/C26H32FNO8/c1-3-6-26(31,13-21(29)33-14-27)24(30)36-23-20(32-2)12-25-7-4-8-28(25)9-5-16-10-18-19(35-15-34-18)11-17(16)22(23)25/h10-12,22-23,31H,3-9,13-15H2,1-2H3/t22-,23-,25+,26-/m1/s1. The Labute approximate surface area is 209 Å². The maximum absolute atomic E-state index is 13.4. The van der Waals surface area contributed by atoms with Crippen molar-refractivity contribution < 1.29 is 42.8 Å². The molecule has 1 aliphatic carbocycles. The molecule has 3 aliphatic heterocycles. The Hall–Kier alpha value is -2.85. The van der Waals surface area contributed by atoms with Gasteiger partial charge in [0.15, 0.2) is 23.2 Å². The van der Waals surface area contributed by atoms with Crippen LogP contribution in [0, 0.1) is 0 Å². The summed E-state index contributed by atoms with van der Waals surface area (Å²) in [4.78, 5) is 27.8. The monoisotopic (exact) mass is 505 g/mol. The van der Waals surface area contributed by atoms with Gasteiger partial charge in [-0.15, -0.1) is 0 Å². The minimum Gasteiger partial charge on any atom is -0.497 e. The maximum Gasteiger partial charge on any atom is 0.339 e. The molecule has 9 nitrogen and oxygen atoms in total. The van der Waals surface area contributed by atoms with Crippen molar-refractivity contribution in [1.29, 1.82) is 0 Å². The average Bonchev–Trinajstić information content (AvgIpc) is 3.53. The second-order valence-corrected chi connectivity index (χ2v) is 9.87. The van der Waals surface area contributed by atoms with Crippen LogP contribution in [-0.2, 0) is 30.2 Å². The highest BCUT2D eigenvalue weighted by molar-refractivity contribution is 5.86. The van der Waals surface area contributed by atoms with Crippen LogP contribution in [0.4, 0.5) is 4.39 Å². The lowest BCUT2D eigenvalue weighted by atomic mass is 9.77. The predicted octanol–water partition coefficient (Wildman–Crippen LogP) is 2.74. The molecule has 1 spiro atoms. The highest BCUT2D eigenvalue weighted by atomic mass is 19.1. The summed E-state index contributed by atoms with van der Waals surface area (Å²) in [7, 11) is 1.53. The summed E-state index contributed by atoms with van der Waals surface area (Å²) in [5, 5.41) is 11.2. The first-order valence-electron chi connectivity index (χ1n) is 12.4. The number of rotatable bonds is 8. The molecule has 1 aromatic rings. The molecule has 1 fully saturated rings. The zero-order valence-corrected chi connectivity index (χ0v) is 20.6. The molecule has 4 atom stereocenters. The van der Waals surface area contributed by atoms with Gasteiger partial charge in [-0.3, -0.25) is 9.69 Å². The number of fused-ring (bicyclic) bond motifs is 3. The number of halogens is 1. The fourth-order valence-electron chi connectivity index (χ4n) is 6.35. The van der Waals surface area contributed by atoms with Crippen LogP contribution < -0.4 is 9.47 Å². The summed E-state index contributed by atoms with van der Waals surface area (Å²) in [5.74, 6) is -0.445. The molecule has 0 unspecified atom stereocenters. The largest absolute Gasteiger partial charge is 0.497 e. The molecular formula is C26H32FNO8. The second kappa shape index (κ2) is 9.55. The highest BCUT2D eigenvalue weighted by Crippen LogP contribution is 2.55.